The number of benzene rings is 3. The maximum Gasteiger partial charge on any atom is 0.244 e. The van der Waals surface area contributed by atoms with Gasteiger partial charge in [-0.1, -0.05) is 65.3 Å². The summed E-state index contributed by atoms with van der Waals surface area (Å²) in [5.41, 5.74) is 1.92. The minimum atomic E-state index is -3.89. The molecule has 9 nitrogen and oxygen atoms in total. The molecule has 0 spiro atoms. The predicted molar refractivity (Wildman–Crippen MR) is 161 cm³/mol. The topological polar surface area (TPSA) is 105 Å². The van der Waals surface area contributed by atoms with Crippen molar-refractivity contribution in [1.82, 2.24) is 10.2 Å². The molecular weight excluding hydrogens is 610 g/mol. The Morgan fingerprint density at radius 1 is 0.976 bits per heavy atom. The van der Waals surface area contributed by atoms with Crippen LogP contribution in [0.3, 0.4) is 0 Å². The Morgan fingerprint density at radius 2 is 1.68 bits per heavy atom. The van der Waals surface area contributed by atoms with E-state index in [9.17, 15) is 18.0 Å². The second-order valence-corrected chi connectivity index (χ2v) is 12.8. The lowest BCUT2D eigenvalue weighted by atomic mass is 10.0. The van der Waals surface area contributed by atoms with E-state index in [1.54, 1.807) is 12.1 Å². The van der Waals surface area contributed by atoms with E-state index in [1.807, 2.05) is 68.4 Å². The Balaban J connectivity index is 1.73. The van der Waals surface area contributed by atoms with E-state index >= 15 is 0 Å². The third kappa shape index (κ3) is 8.01. The monoisotopic (exact) mass is 643 g/mol. The van der Waals surface area contributed by atoms with Gasteiger partial charge < -0.3 is 19.7 Å². The van der Waals surface area contributed by atoms with Gasteiger partial charge in [-0.05, 0) is 48.7 Å². The molecule has 0 radical (unpaired) electrons. The summed E-state index contributed by atoms with van der Waals surface area (Å²) in [6, 6.07) is 20.6. The van der Waals surface area contributed by atoms with Crippen LogP contribution in [0.2, 0.25) is 0 Å². The smallest absolute Gasteiger partial charge is 0.244 e. The second kappa shape index (κ2) is 13.4. The number of rotatable bonds is 12. The molecule has 1 aliphatic rings. The number of carbonyl (C=O) groups is 2. The van der Waals surface area contributed by atoms with E-state index in [-0.39, 0.29) is 37.4 Å². The summed E-state index contributed by atoms with van der Waals surface area (Å²) in [7, 11) is -3.89. The molecule has 0 saturated carbocycles. The quantitative estimate of drug-likeness (QED) is 0.312. The molecule has 0 unspecified atom stereocenters. The van der Waals surface area contributed by atoms with E-state index < -0.39 is 28.5 Å². The number of sulfonamides is 1. The molecule has 1 aliphatic heterocycles. The molecule has 0 aromatic heterocycles. The molecule has 2 amide bonds. The van der Waals surface area contributed by atoms with Gasteiger partial charge >= 0.3 is 0 Å². The number of hydrogen-bond acceptors (Lipinski definition) is 6. The average molecular weight is 645 g/mol. The normalized spacial score (nSPS) is 13.8. The van der Waals surface area contributed by atoms with Crippen molar-refractivity contribution in [1.29, 1.82) is 0 Å². The van der Waals surface area contributed by atoms with Gasteiger partial charge in [0.05, 0.1) is 11.9 Å². The van der Waals surface area contributed by atoms with Gasteiger partial charge in [0.2, 0.25) is 28.6 Å². The molecule has 3 aromatic rings. The molecule has 3 aromatic carbocycles. The van der Waals surface area contributed by atoms with Crippen LogP contribution in [0.15, 0.2) is 77.3 Å². The fourth-order valence-electron chi connectivity index (χ4n) is 4.48. The summed E-state index contributed by atoms with van der Waals surface area (Å²) in [5.74, 6) is 0.0627. The number of ether oxygens (including phenoxy) is 2. The molecule has 41 heavy (non-hydrogen) atoms. The van der Waals surface area contributed by atoms with E-state index in [0.29, 0.717) is 11.5 Å². The highest BCUT2D eigenvalue weighted by molar-refractivity contribution is 9.10. The van der Waals surface area contributed by atoms with Gasteiger partial charge in [0, 0.05) is 29.5 Å². The van der Waals surface area contributed by atoms with Crippen molar-refractivity contribution in [3.63, 3.8) is 0 Å². The van der Waals surface area contributed by atoms with Crippen molar-refractivity contribution >= 4 is 43.5 Å². The second-order valence-electron chi connectivity index (χ2n) is 9.98. The lowest BCUT2D eigenvalue weighted by Gasteiger charge is -2.34. The van der Waals surface area contributed by atoms with E-state index in [0.717, 1.165) is 32.6 Å². The van der Waals surface area contributed by atoms with Crippen molar-refractivity contribution in [3.8, 4) is 11.5 Å². The standard InChI is InChI=1S/C30H34BrN3O6S/c1-4-21(2)32-30(36)26(16-22-9-6-5-7-10-22)33(18-23-11-8-12-24(31)15-23)29(35)19-34(41(3,37)38)25-13-14-27-28(17-25)40-20-39-27/h5-15,17,21,26H,4,16,18-20H2,1-3H3,(H,32,36)/t21-,26-/m0/s1. The molecular formula is C30H34BrN3O6S. The highest BCUT2D eigenvalue weighted by Gasteiger charge is 2.34. The first kappa shape index (κ1) is 30.4. The number of nitrogens with zero attached hydrogens (tertiary/aromatic N) is 2. The largest absolute Gasteiger partial charge is 0.454 e. The molecule has 2 atom stereocenters. The van der Waals surface area contributed by atoms with Gasteiger partial charge in [-0.25, -0.2) is 8.42 Å². The lowest BCUT2D eigenvalue weighted by molar-refractivity contribution is -0.140. The van der Waals surface area contributed by atoms with Crippen molar-refractivity contribution in [3.05, 3.63) is 88.4 Å². The highest BCUT2D eigenvalue weighted by atomic mass is 79.9. The first-order chi connectivity index (χ1) is 19.5. The zero-order valence-electron chi connectivity index (χ0n) is 23.2. The van der Waals surface area contributed by atoms with Gasteiger partial charge in [0.25, 0.3) is 0 Å². The van der Waals surface area contributed by atoms with Gasteiger partial charge in [-0.3, -0.25) is 13.9 Å². The SMILES string of the molecule is CC[C@H](C)NC(=O)[C@H](Cc1ccccc1)N(Cc1cccc(Br)c1)C(=O)CN(c1ccc2c(c1)OCO2)S(C)(=O)=O. The van der Waals surface area contributed by atoms with Gasteiger partial charge in [0.1, 0.15) is 12.6 Å². The fourth-order valence-corrected chi connectivity index (χ4v) is 5.77. The molecule has 218 valence electrons. The van der Waals surface area contributed by atoms with Crippen LogP contribution < -0.4 is 19.1 Å². The number of amides is 2. The summed E-state index contributed by atoms with van der Waals surface area (Å²) in [6.07, 6.45) is 2.02. The maximum absolute atomic E-state index is 14.2. The first-order valence-corrected chi connectivity index (χ1v) is 15.9. The van der Waals surface area contributed by atoms with Crippen LogP contribution in [-0.4, -0.2) is 56.8 Å². The molecule has 4 rings (SSSR count). The number of nitrogens with one attached hydrogen (secondary N) is 1. The summed E-state index contributed by atoms with van der Waals surface area (Å²) >= 11 is 3.48. The third-order valence-electron chi connectivity index (χ3n) is 6.84. The molecule has 0 aliphatic carbocycles. The van der Waals surface area contributed by atoms with E-state index in [1.165, 1.54) is 11.0 Å². The maximum atomic E-state index is 14.2. The van der Waals surface area contributed by atoms with Crippen LogP contribution >= 0.6 is 15.9 Å². The van der Waals surface area contributed by atoms with E-state index in [4.69, 9.17) is 9.47 Å². The molecule has 0 saturated heterocycles. The number of hydrogen-bond donors (Lipinski definition) is 1. The molecule has 1 N–H and O–H groups in total. The van der Waals surface area contributed by atoms with Gasteiger partial charge in [-0.15, -0.1) is 0 Å². The van der Waals surface area contributed by atoms with Gasteiger partial charge in [0.15, 0.2) is 11.5 Å². The lowest BCUT2D eigenvalue weighted by Crippen LogP contribution is -2.54. The summed E-state index contributed by atoms with van der Waals surface area (Å²) < 4.78 is 38.6. The minimum absolute atomic E-state index is 0.0312. The number of fused-ring (bicyclic) bond motifs is 1. The Bertz CT molecular complexity index is 1480. The molecule has 0 bridgehead atoms. The molecule has 0 fully saturated rings. The van der Waals surface area contributed by atoms with Crippen molar-refractivity contribution < 1.29 is 27.5 Å². The fraction of sp³-hybridized carbons (Fsp3) is 0.333. The summed E-state index contributed by atoms with van der Waals surface area (Å²) in [4.78, 5) is 29.4. The Hall–Kier alpha value is -3.57. The van der Waals surface area contributed by atoms with Crippen molar-refractivity contribution in [2.24, 2.45) is 0 Å². The van der Waals surface area contributed by atoms with Crippen LogP contribution in [0.5, 0.6) is 11.5 Å². The number of halogens is 1. The van der Waals surface area contributed by atoms with Crippen LogP contribution in [0.4, 0.5) is 5.69 Å². The number of carbonyl (C=O) groups excluding carboxylic acids is 2. The average Bonchev–Trinajstić information content (AvgIpc) is 3.41. The predicted octanol–water partition coefficient (Wildman–Crippen LogP) is 4.50. The Kier molecular flexibility index (Phi) is 9.93. The van der Waals surface area contributed by atoms with Crippen LogP contribution in [0.1, 0.15) is 31.4 Å². The molecule has 11 heteroatoms. The van der Waals surface area contributed by atoms with E-state index in [2.05, 4.69) is 21.2 Å². The third-order valence-corrected chi connectivity index (χ3v) is 8.47. The van der Waals surface area contributed by atoms with Crippen molar-refractivity contribution in [2.45, 2.75) is 45.3 Å². The van der Waals surface area contributed by atoms with Crippen LogP contribution in [0.25, 0.3) is 0 Å². The zero-order valence-corrected chi connectivity index (χ0v) is 25.7. The number of anilines is 1. The Labute approximate surface area is 249 Å². The zero-order chi connectivity index (χ0) is 29.6. The van der Waals surface area contributed by atoms with Crippen LogP contribution in [0, 0.1) is 0 Å². The molecule has 1 heterocycles. The first-order valence-electron chi connectivity index (χ1n) is 13.3. The summed E-state index contributed by atoms with van der Waals surface area (Å²) in [6.45, 7) is 3.50. The van der Waals surface area contributed by atoms with Crippen molar-refractivity contribution in [2.75, 3.05) is 23.9 Å². The Morgan fingerprint density at radius 3 is 2.37 bits per heavy atom. The van der Waals surface area contributed by atoms with Crippen LogP contribution in [-0.2, 0) is 32.6 Å². The summed E-state index contributed by atoms with van der Waals surface area (Å²) in [5, 5.41) is 3.02. The van der Waals surface area contributed by atoms with Gasteiger partial charge in [-0.2, -0.15) is 0 Å². The minimum Gasteiger partial charge on any atom is -0.454 e. The highest BCUT2D eigenvalue weighted by Crippen LogP contribution is 2.36.